The Labute approximate surface area is 197 Å². The highest BCUT2D eigenvalue weighted by Crippen LogP contribution is 2.33. The lowest BCUT2D eigenvalue weighted by Gasteiger charge is -2.29. The van der Waals surface area contributed by atoms with E-state index in [0.717, 1.165) is 12.8 Å². The fourth-order valence-electron chi connectivity index (χ4n) is 3.58. The van der Waals surface area contributed by atoms with Gasteiger partial charge in [0, 0.05) is 43.0 Å². The van der Waals surface area contributed by atoms with Crippen LogP contribution in [0.4, 0.5) is 10.1 Å². The molecule has 0 radical (unpaired) electrons. The Balaban J connectivity index is 1.50. The molecule has 33 heavy (non-hydrogen) atoms. The molecule has 1 fully saturated rings. The third-order valence-electron chi connectivity index (χ3n) is 5.66. The number of halogens is 1. The molecule has 2 aromatic carbocycles. The van der Waals surface area contributed by atoms with E-state index >= 15 is 0 Å². The van der Waals surface area contributed by atoms with Crippen LogP contribution in [0.1, 0.15) is 30.1 Å². The first-order chi connectivity index (χ1) is 15.7. The van der Waals surface area contributed by atoms with Gasteiger partial charge in [0.2, 0.25) is 10.0 Å². The number of carbonyl (C=O) groups is 1. The maximum Gasteiger partial charge on any atom is 0.255 e. The molecule has 2 heterocycles. The van der Waals surface area contributed by atoms with Gasteiger partial charge in [0.05, 0.1) is 10.6 Å². The zero-order valence-corrected chi connectivity index (χ0v) is 20.0. The first-order valence-electron chi connectivity index (χ1n) is 10.6. The maximum absolute atomic E-state index is 13.9. The first kappa shape index (κ1) is 23.5. The van der Waals surface area contributed by atoms with Gasteiger partial charge in [-0.3, -0.25) is 4.79 Å². The van der Waals surface area contributed by atoms with E-state index in [-0.39, 0.29) is 10.5 Å². The maximum atomic E-state index is 13.9. The summed E-state index contributed by atoms with van der Waals surface area (Å²) in [6.45, 7) is 3.12. The number of hydrogen-bond acceptors (Lipinski definition) is 5. The Bertz CT molecular complexity index is 1250. The molecular formula is C23H25FN4O3S2. The average molecular weight is 489 g/mol. The van der Waals surface area contributed by atoms with Crippen molar-refractivity contribution in [3.63, 3.8) is 0 Å². The zero-order chi connectivity index (χ0) is 23.6. The third-order valence-corrected chi connectivity index (χ3v) is 8.73. The third kappa shape index (κ3) is 5.29. The largest absolute Gasteiger partial charge is 0.329 e. The number of aromatic nitrogens is 2. The lowest BCUT2D eigenvalue weighted by molar-refractivity contribution is 0.102. The minimum atomic E-state index is -3.59. The van der Waals surface area contributed by atoms with Crippen LogP contribution in [0.15, 0.2) is 69.8 Å². The summed E-state index contributed by atoms with van der Waals surface area (Å²) in [5, 5.41) is 3.42. The molecule has 0 saturated carbocycles. The second-order valence-corrected chi connectivity index (χ2v) is 11.1. The van der Waals surface area contributed by atoms with Crippen LogP contribution in [0.5, 0.6) is 0 Å². The molecule has 0 aliphatic carbocycles. The molecule has 0 atom stereocenters. The van der Waals surface area contributed by atoms with Crippen molar-refractivity contribution in [1.82, 2.24) is 13.9 Å². The minimum absolute atomic E-state index is 0.158. The van der Waals surface area contributed by atoms with Crippen LogP contribution in [-0.4, -0.2) is 41.3 Å². The summed E-state index contributed by atoms with van der Waals surface area (Å²) in [6, 6.07) is 9.98. The highest BCUT2D eigenvalue weighted by Gasteiger charge is 2.28. The van der Waals surface area contributed by atoms with E-state index < -0.39 is 21.7 Å². The van der Waals surface area contributed by atoms with E-state index in [2.05, 4.69) is 17.2 Å². The number of anilines is 1. The van der Waals surface area contributed by atoms with Gasteiger partial charge in [-0.25, -0.2) is 17.8 Å². The number of benzene rings is 2. The number of aryl methyl sites for hydroxylation is 1. The van der Waals surface area contributed by atoms with Gasteiger partial charge in [-0.2, -0.15) is 4.31 Å². The van der Waals surface area contributed by atoms with Crippen LogP contribution >= 0.6 is 11.8 Å². The van der Waals surface area contributed by atoms with Gasteiger partial charge in [0.25, 0.3) is 5.91 Å². The van der Waals surface area contributed by atoms with Crippen LogP contribution < -0.4 is 5.32 Å². The van der Waals surface area contributed by atoms with Crippen molar-refractivity contribution in [2.24, 2.45) is 13.0 Å². The number of piperidine rings is 1. The molecule has 174 valence electrons. The average Bonchev–Trinajstić information content (AvgIpc) is 3.20. The summed E-state index contributed by atoms with van der Waals surface area (Å²) >= 11 is 1.30. The van der Waals surface area contributed by atoms with Crippen molar-refractivity contribution in [3.05, 3.63) is 66.2 Å². The standard InChI is InChI=1S/C23H25FN4O3S2/c1-16-9-12-28(13-10-16)33(30,31)19-6-3-17(4-7-19)22(29)26-20-15-18(24)5-8-21(20)32-23-25-11-14-27(23)2/h3-8,11,14-16H,9-10,12-13H2,1-2H3,(H,26,29). The summed E-state index contributed by atoms with van der Waals surface area (Å²) in [6.07, 6.45) is 5.13. The van der Waals surface area contributed by atoms with Crippen LogP contribution in [0.25, 0.3) is 0 Å². The van der Waals surface area contributed by atoms with Gasteiger partial charge in [-0.15, -0.1) is 0 Å². The fraction of sp³-hybridized carbons (Fsp3) is 0.304. The molecule has 4 rings (SSSR count). The fourth-order valence-corrected chi connectivity index (χ4v) is 5.93. The second-order valence-electron chi connectivity index (χ2n) is 8.13. The summed E-state index contributed by atoms with van der Waals surface area (Å²) in [5.41, 5.74) is 0.588. The number of sulfonamides is 1. The molecule has 0 unspecified atom stereocenters. The van der Waals surface area contributed by atoms with Crippen molar-refractivity contribution in [3.8, 4) is 0 Å². The molecule has 1 aromatic heterocycles. The van der Waals surface area contributed by atoms with E-state index in [1.54, 1.807) is 18.5 Å². The van der Waals surface area contributed by atoms with E-state index in [1.807, 2.05) is 11.6 Å². The van der Waals surface area contributed by atoms with Gasteiger partial charge >= 0.3 is 0 Å². The number of hydrogen-bond donors (Lipinski definition) is 1. The Morgan fingerprint density at radius 2 is 1.85 bits per heavy atom. The summed E-state index contributed by atoms with van der Waals surface area (Å²) < 4.78 is 43.0. The molecule has 1 aliphatic rings. The van der Waals surface area contributed by atoms with Gasteiger partial charge < -0.3 is 9.88 Å². The monoisotopic (exact) mass is 488 g/mol. The van der Waals surface area contributed by atoms with E-state index in [0.29, 0.717) is 34.7 Å². The highest BCUT2D eigenvalue weighted by molar-refractivity contribution is 7.99. The molecule has 7 nitrogen and oxygen atoms in total. The van der Waals surface area contributed by atoms with Crippen LogP contribution in [0.2, 0.25) is 0 Å². The minimum Gasteiger partial charge on any atom is -0.329 e. The van der Waals surface area contributed by atoms with Crippen molar-refractivity contribution >= 4 is 33.4 Å². The molecule has 0 bridgehead atoms. The molecule has 1 N–H and O–H groups in total. The Morgan fingerprint density at radius 1 is 1.15 bits per heavy atom. The molecule has 3 aromatic rings. The van der Waals surface area contributed by atoms with Gasteiger partial charge in [-0.05, 0) is 73.0 Å². The van der Waals surface area contributed by atoms with Crippen LogP contribution in [0, 0.1) is 11.7 Å². The number of nitrogens with one attached hydrogen (secondary N) is 1. The predicted molar refractivity (Wildman–Crippen MR) is 125 cm³/mol. The number of rotatable bonds is 6. The first-order valence-corrected chi connectivity index (χ1v) is 12.9. The lowest BCUT2D eigenvalue weighted by atomic mass is 10.0. The molecule has 10 heteroatoms. The van der Waals surface area contributed by atoms with Gasteiger partial charge in [0.1, 0.15) is 5.82 Å². The second kappa shape index (κ2) is 9.66. The van der Waals surface area contributed by atoms with Crippen LogP contribution in [-0.2, 0) is 17.1 Å². The normalized spacial score (nSPS) is 15.5. The van der Waals surface area contributed by atoms with Crippen LogP contribution in [0.3, 0.4) is 0 Å². The summed E-state index contributed by atoms with van der Waals surface area (Å²) in [5.74, 6) is -0.421. The molecule has 1 aliphatic heterocycles. The van der Waals surface area contributed by atoms with E-state index in [1.165, 1.54) is 52.5 Å². The molecule has 0 spiro atoms. The van der Waals surface area contributed by atoms with Crippen molar-refractivity contribution < 1.29 is 17.6 Å². The Hall–Kier alpha value is -2.69. The molecule has 1 saturated heterocycles. The zero-order valence-electron chi connectivity index (χ0n) is 18.4. The summed E-state index contributed by atoms with van der Waals surface area (Å²) in [4.78, 5) is 17.9. The smallest absolute Gasteiger partial charge is 0.255 e. The number of carbonyl (C=O) groups excluding carboxylic acids is 1. The highest BCUT2D eigenvalue weighted by atomic mass is 32.2. The van der Waals surface area contributed by atoms with Crippen molar-refractivity contribution in [2.45, 2.75) is 34.7 Å². The summed E-state index contributed by atoms with van der Waals surface area (Å²) in [7, 11) is -1.75. The van der Waals surface area contributed by atoms with Gasteiger partial charge in [-0.1, -0.05) is 6.92 Å². The molecular weight excluding hydrogens is 463 g/mol. The number of imidazole rings is 1. The van der Waals surface area contributed by atoms with E-state index in [4.69, 9.17) is 0 Å². The van der Waals surface area contributed by atoms with E-state index in [9.17, 15) is 17.6 Å². The van der Waals surface area contributed by atoms with Crippen molar-refractivity contribution in [1.29, 1.82) is 0 Å². The SMILES string of the molecule is CC1CCN(S(=O)(=O)c2ccc(C(=O)Nc3cc(F)ccc3Sc3nccn3C)cc2)CC1. The predicted octanol–water partition coefficient (Wildman–Crippen LogP) is 4.38. The van der Waals surface area contributed by atoms with Crippen molar-refractivity contribution in [2.75, 3.05) is 18.4 Å². The topological polar surface area (TPSA) is 84.3 Å². The number of nitrogens with zero attached hydrogens (tertiary/aromatic N) is 3. The molecule has 1 amide bonds. The number of amides is 1. The Morgan fingerprint density at radius 3 is 2.48 bits per heavy atom. The Kier molecular flexibility index (Phi) is 6.87. The lowest BCUT2D eigenvalue weighted by Crippen LogP contribution is -2.37. The van der Waals surface area contributed by atoms with Gasteiger partial charge in [0.15, 0.2) is 5.16 Å². The quantitative estimate of drug-likeness (QED) is 0.557.